The number of carbonyl (C=O) groups is 3. The lowest BCUT2D eigenvalue weighted by atomic mass is 9.88. The van der Waals surface area contributed by atoms with E-state index in [1.165, 1.54) is 4.90 Å². The Hall–Kier alpha value is -2.38. The van der Waals surface area contributed by atoms with E-state index < -0.39 is 17.8 Å². The summed E-state index contributed by atoms with van der Waals surface area (Å²) in [6.45, 7) is 4.49. The molecular weight excluding hydrogens is 336 g/mol. The third-order valence-electron chi connectivity index (χ3n) is 5.23. The van der Waals surface area contributed by atoms with Crippen molar-refractivity contribution in [1.29, 1.82) is 0 Å². The van der Waals surface area contributed by atoms with Gasteiger partial charge < -0.3 is 14.9 Å². The van der Waals surface area contributed by atoms with Crippen LogP contribution in [0.25, 0.3) is 0 Å². The molecule has 0 unspecified atom stereocenters. The van der Waals surface area contributed by atoms with Gasteiger partial charge in [0.25, 0.3) is 5.91 Å². The molecule has 0 bridgehead atoms. The van der Waals surface area contributed by atoms with Gasteiger partial charge >= 0.3 is 5.97 Å². The molecule has 2 aliphatic heterocycles. The van der Waals surface area contributed by atoms with Crippen molar-refractivity contribution in [2.24, 2.45) is 11.8 Å². The lowest BCUT2D eigenvalue weighted by molar-refractivity contribution is -0.146. The van der Waals surface area contributed by atoms with E-state index in [2.05, 4.69) is 5.10 Å². The summed E-state index contributed by atoms with van der Waals surface area (Å²) in [7, 11) is 0. The van der Waals surface area contributed by atoms with Crippen LogP contribution in [0.4, 0.5) is 0 Å². The van der Waals surface area contributed by atoms with Crippen molar-refractivity contribution in [2.45, 2.75) is 39.2 Å². The van der Waals surface area contributed by atoms with Crippen LogP contribution >= 0.6 is 0 Å². The van der Waals surface area contributed by atoms with Gasteiger partial charge in [-0.3, -0.25) is 19.1 Å². The van der Waals surface area contributed by atoms with Gasteiger partial charge in [-0.15, -0.1) is 0 Å². The minimum Gasteiger partial charge on any atom is -0.481 e. The number of aromatic nitrogens is 2. The summed E-state index contributed by atoms with van der Waals surface area (Å²) in [6.07, 6.45) is 4.69. The van der Waals surface area contributed by atoms with Crippen molar-refractivity contribution in [3.8, 4) is 0 Å². The summed E-state index contributed by atoms with van der Waals surface area (Å²) in [6, 6.07) is 1.65. The van der Waals surface area contributed by atoms with Gasteiger partial charge in [0.15, 0.2) is 0 Å². The van der Waals surface area contributed by atoms with Crippen molar-refractivity contribution < 1.29 is 19.5 Å². The SMILES string of the molecule is CCCn1nccc1C(=O)N1C[C@@H](C(=O)O)C[C@@H](C(=O)N2CCCC2)C1. The molecular formula is C18H26N4O4. The molecule has 1 N–H and O–H groups in total. The largest absolute Gasteiger partial charge is 0.481 e. The van der Waals surface area contributed by atoms with Gasteiger partial charge in [-0.25, -0.2) is 0 Å². The van der Waals surface area contributed by atoms with E-state index in [1.54, 1.807) is 21.8 Å². The van der Waals surface area contributed by atoms with Crippen LogP contribution in [0.15, 0.2) is 12.3 Å². The Kier molecular flexibility index (Phi) is 5.58. The number of carboxylic acids is 1. The molecule has 0 radical (unpaired) electrons. The quantitative estimate of drug-likeness (QED) is 0.845. The average molecular weight is 362 g/mol. The average Bonchev–Trinajstić information content (AvgIpc) is 3.32. The van der Waals surface area contributed by atoms with Crippen molar-refractivity contribution in [1.82, 2.24) is 19.6 Å². The number of hydrogen-bond acceptors (Lipinski definition) is 4. The second kappa shape index (κ2) is 7.88. The van der Waals surface area contributed by atoms with Gasteiger partial charge in [-0.1, -0.05) is 6.92 Å². The Morgan fingerprint density at radius 3 is 2.50 bits per heavy atom. The molecule has 2 amide bonds. The van der Waals surface area contributed by atoms with E-state index in [4.69, 9.17) is 0 Å². The normalized spacial score (nSPS) is 23.3. The summed E-state index contributed by atoms with van der Waals surface area (Å²) in [4.78, 5) is 40.6. The first-order valence-corrected chi connectivity index (χ1v) is 9.34. The predicted octanol–water partition coefficient (Wildman–Crippen LogP) is 1.08. The third kappa shape index (κ3) is 3.73. The van der Waals surface area contributed by atoms with Gasteiger partial charge in [-0.05, 0) is 31.7 Å². The molecule has 1 aromatic heterocycles. The number of hydrogen-bond donors (Lipinski definition) is 1. The molecule has 26 heavy (non-hydrogen) atoms. The molecule has 2 saturated heterocycles. The fourth-order valence-electron chi connectivity index (χ4n) is 3.88. The summed E-state index contributed by atoms with van der Waals surface area (Å²) in [5.41, 5.74) is 0.449. The van der Waals surface area contributed by atoms with E-state index in [1.807, 2.05) is 6.92 Å². The van der Waals surface area contributed by atoms with Gasteiger partial charge in [0, 0.05) is 38.9 Å². The molecule has 3 heterocycles. The second-order valence-corrected chi connectivity index (χ2v) is 7.15. The fraction of sp³-hybridized carbons (Fsp3) is 0.667. The maximum atomic E-state index is 13.0. The van der Waals surface area contributed by atoms with Crippen LogP contribution in [-0.2, 0) is 16.1 Å². The van der Waals surface area contributed by atoms with Gasteiger partial charge in [0.05, 0.1) is 11.8 Å². The Bertz CT molecular complexity index is 680. The molecule has 2 atom stereocenters. The number of aryl methyl sites for hydroxylation is 1. The Balaban J connectivity index is 1.78. The molecule has 0 aromatic carbocycles. The zero-order valence-electron chi connectivity index (χ0n) is 15.1. The minimum atomic E-state index is -0.955. The lowest BCUT2D eigenvalue weighted by Crippen LogP contribution is -2.51. The fourth-order valence-corrected chi connectivity index (χ4v) is 3.88. The van der Waals surface area contributed by atoms with Crippen molar-refractivity contribution in [2.75, 3.05) is 26.2 Å². The smallest absolute Gasteiger partial charge is 0.308 e. The molecule has 2 aliphatic rings. The number of likely N-dealkylation sites (tertiary alicyclic amines) is 2. The van der Waals surface area contributed by atoms with Gasteiger partial charge in [-0.2, -0.15) is 5.10 Å². The molecule has 0 saturated carbocycles. The van der Waals surface area contributed by atoms with E-state index in [0.717, 1.165) is 32.4 Å². The van der Waals surface area contributed by atoms with Gasteiger partial charge in [0.2, 0.25) is 5.91 Å². The zero-order chi connectivity index (χ0) is 18.7. The Labute approximate surface area is 152 Å². The maximum absolute atomic E-state index is 13.0. The van der Waals surface area contributed by atoms with Gasteiger partial charge in [0.1, 0.15) is 5.69 Å². The highest BCUT2D eigenvalue weighted by molar-refractivity contribution is 5.93. The highest BCUT2D eigenvalue weighted by Crippen LogP contribution is 2.26. The predicted molar refractivity (Wildman–Crippen MR) is 93.5 cm³/mol. The first-order valence-electron chi connectivity index (χ1n) is 9.34. The number of carbonyl (C=O) groups excluding carboxylic acids is 2. The van der Waals surface area contributed by atoms with Crippen molar-refractivity contribution in [3.05, 3.63) is 18.0 Å². The minimum absolute atomic E-state index is 0.0201. The van der Waals surface area contributed by atoms with Crippen LogP contribution in [0.3, 0.4) is 0 Å². The number of amides is 2. The Morgan fingerprint density at radius 2 is 1.85 bits per heavy atom. The zero-order valence-corrected chi connectivity index (χ0v) is 15.1. The molecule has 8 heteroatoms. The summed E-state index contributed by atoms with van der Waals surface area (Å²) in [5.74, 6) is -2.39. The van der Waals surface area contributed by atoms with Crippen LogP contribution in [0.1, 0.15) is 43.1 Å². The van der Waals surface area contributed by atoms with Crippen LogP contribution in [0.5, 0.6) is 0 Å². The first kappa shape index (κ1) is 18.4. The van der Waals surface area contributed by atoms with E-state index in [9.17, 15) is 19.5 Å². The highest BCUT2D eigenvalue weighted by atomic mass is 16.4. The van der Waals surface area contributed by atoms with E-state index >= 15 is 0 Å². The third-order valence-corrected chi connectivity index (χ3v) is 5.23. The molecule has 0 aliphatic carbocycles. The number of aliphatic carboxylic acids is 1. The number of nitrogens with zero attached hydrogens (tertiary/aromatic N) is 4. The highest BCUT2D eigenvalue weighted by Gasteiger charge is 2.39. The van der Waals surface area contributed by atoms with Crippen molar-refractivity contribution >= 4 is 17.8 Å². The van der Waals surface area contributed by atoms with Crippen LogP contribution < -0.4 is 0 Å². The summed E-state index contributed by atoms with van der Waals surface area (Å²) >= 11 is 0. The Morgan fingerprint density at radius 1 is 1.15 bits per heavy atom. The second-order valence-electron chi connectivity index (χ2n) is 7.15. The van der Waals surface area contributed by atoms with E-state index in [-0.39, 0.29) is 24.9 Å². The number of carboxylic acid groups (broad SMARTS) is 1. The standard InChI is InChI=1S/C18H26N4O4/c1-2-7-22-15(5-6-19-22)17(24)21-11-13(10-14(12-21)18(25)26)16(23)20-8-3-4-9-20/h5-6,13-14H,2-4,7-12H2,1H3,(H,25,26)/t13-,14+/m1/s1. The molecule has 8 nitrogen and oxygen atoms in total. The molecule has 1 aromatic rings. The molecule has 0 spiro atoms. The molecule has 142 valence electrons. The number of piperidine rings is 1. The topological polar surface area (TPSA) is 95.7 Å². The molecule has 2 fully saturated rings. The summed E-state index contributed by atoms with van der Waals surface area (Å²) < 4.78 is 1.64. The van der Waals surface area contributed by atoms with Crippen molar-refractivity contribution in [3.63, 3.8) is 0 Å². The lowest BCUT2D eigenvalue weighted by Gasteiger charge is -2.37. The van der Waals surface area contributed by atoms with Crippen LogP contribution in [-0.4, -0.2) is 68.6 Å². The van der Waals surface area contributed by atoms with Crippen LogP contribution in [0.2, 0.25) is 0 Å². The maximum Gasteiger partial charge on any atom is 0.308 e. The first-order chi connectivity index (χ1) is 12.5. The van der Waals surface area contributed by atoms with E-state index in [0.29, 0.717) is 18.7 Å². The molecule has 3 rings (SSSR count). The van der Waals surface area contributed by atoms with Crippen LogP contribution in [0, 0.1) is 11.8 Å². The number of rotatable bonds is 5. The summed E-state index contributed by atoms with van der Waals surface area (Å²) in [5, 5.41) is 13.7. The monoisotopic (exact) mass is 362 g/mol.